The van der Waals surface area contributed by atoms with Crippen molar-refractivity contribution in [3.8, 4) is 0 Å². The Hall–Kier alpha value is -1.21. The number of allylic oxidation sites excluding steroid dienone is 5. The predicted octanol–water partition coefficient (Wildman–Crippen LogP) is 5.12. The summed E-state index contributed by atoms with van der Waals surface area (Å²) in [6, 6.07) is 8.59. The molecule has 0 N–H and O–H groups in total. The van der Waals surface area contributed by atoms with Gasteiger partial charge in [0.05, 0.1) is 0 Å². The van der Waals surface area contributed by atoms with Crippen LogP contribution in [-0.2, 0) is 0 Å². The van der Waals surface area contributed by atoms with E-state index in [4.69, 9.17) is 0 Å². The molecule has 0 heterocycles. The molecule has 0 aliphatic rings. The zero-order valence-electron chi connectivity index (χ0n) is 10.2. The van der Waals surface area contributed by atoms with Gasteiger partial charge in [-0.1, -0.05) is 59.8 Å². The third kappa shape index (κ3) is 4.54. The predicted molar refractivity (Wildman–Crippen MR) is 74.7 cm³/mol. The molecule has 0 amide bonds. The fourth-order valence-electron chi connectivity index (χ4n) is 1.14. The lowest BCUT2D eigenvalue weighted by atomic mass is 10.2. The summed E-state index contributed by atoms with van der Waals surface area (Å²) in [6.45, 7) is 10.0. The van der Waals surface area contributed by atoms with Gasteiger partial charge in [0.1, 0.15) is 0 Å². The fourth-order valence-corrected chi connectivity index (χ4v) is 1.92. The van der Waals surface area contributed by atoms with Gasteiger partial charge in [-0.15, -0.1) is 0 Å². The Morgan fingerprint density at radius 3 is 2.31 bits per heavy atom. The van der Waals surface area contributed by atoms with Crippen molar-refractivity contribution in [1.29, 1.82) is 0 Å². The standard InChI is InChI=1S/C15H18S/c1-5-12(2)6-9-14(4)16-15-10-7-13(3)8-11-15/h5-11H,1H2,2-4H3/b12-6-,14-9+. The van der Waals surface area contributed by atoms with Crippen molar-refractivity contribution >= 4 is 11.8 Å². The Bertz CT molecular complexity index is 408. The summed E-state index contributed by atoms with van der Waals surface area (Å²) in [7, 11) is 0. The van der Waals surface area contributed by atoms with Crippen molar-refractivity contribution in [2.24, 2.45) is 0 Å². The zero-order chi connectivity index (χ0) is 12.0. The molecule has 0 radical (unpaired) electrons. The average Bonchev–Trinajstić information content (AvgIpc) is 2.29. The fraction of sp³-hybridized carbons (Fsp3) is 0.200. The van der Waals surface area contributed by atoms with Crippen LogP contribution in [0, 0.1) is 6.92 Å². The van der Waals surface area contributed by atoms with Gasteiger partial charge in [0.25, 0.3) is 0 Å². The van der Waals surface area contributed by atoms with E-state index in [2.05, 4.69) is 56.8 Å². The maximum atomic E-state index is 3.73. The van der Waals surface area contributed by atoms with E-state index in [0.29, 0.717) is 0 Å². The van der Waals surface area contributed by atoms with E-state index >= 15 is 0 Å². The molecule has 0 saturated heterocycles. The van der Waals surface area contributed by atoms with Gasteiger partial charge in [0.2, 0.25) is 0 Å². The van der Waals surface area contributed by atoms with Gasteiger partial charge in [0.15, 0.2) is 0 Å². The molecule has 1 heteroatoms. The van der Waals surface area contributed by atoms with Crippen LogP contribution in [0.3, 0.4) is 0 Å². The highest BCUT2D eigenvalue weighted by molar-refractivity contribution is 8.03. The van der Waals surface area contributed by atoms with Crippen LogP contribution < -0.4 is 0 Å². The molecule has 0 fully saturated rings. The van der Waals surface area contributed by atoms with Crippen LogP contribution in [0.1, 0.15) is 19.4 Å². The Balaban J connectivity index is 2.67. The van der Waals surface area contributed by atoms with Crippen LogP contribution in [0.15, 0.2) is 64.4 Å². The molecule has 84 valence electrons. The van der Waals surface area contributed by atoms with Crippen LogP contribution in [0.2, 0.25) is 0 Å². The zero-order valence-corrected chi connectivity index (χ0v) is 11.0. The third-order valence-corrected chi connectivity index (χ3v) is 3.17. The van der Waals surface area contributed by atoms with Gasteiger partial charge >= 0.3 is 0 Å². The van der Waals surface area contributed by atoms with E-state index in [0.717, 1.165) is 0 Å². The molecule has 1 aromatic carbocycles. The smallest absolute Gasteiger partial charge is 0.0119 e. The van der Waals surface area contributed by atoms with Crippen LogP contribution in [0.4, 0.5) is 0 Å². The van der Waals surface area contributed by atoms with Crippen molar-refractivity contribution in [2.75, 3.05) is 0 Å². The summed E-state index contributed by atoms with van der Waals surface area (Å²) < 4.78 is 0. The molecule has 0 bridgehead atoms. The van der Waals surface area contributed by atoms with Crippen LogP contribution in [-0.4, -0.2) is 0 Å². The second-order valence-electron chi connectivity index (χ2n) is 3.81. The van der Waals surface area contributed by atoms with Crippen LogP contribution in [0.5, 0.6) is 0 Å². The van der Waals surface area contributed by atoms with E-state index in [1.165, 1.54) is 20.9 Å². The molecule has 16 heavy (non-hydrogen) atoms. The van der Waals surface area contributed by atoms with Crippen molar-refractivity contribution in [3.05, 3.63) is 65.1 Å². The first-order valence-corrected chi connectivity index (χ1v) is 6.15. The minimum Gasteiger partial charge on any atom is -0.0988 e. The second kappa shape index (κ2) is 6.39. The Kier molecular flexibility index (Phi) is 5.13. The molecule has 0 aliphatic carbocycles. The number of rotatable bonds is 4. The number of hydrogen-bond donors (Lipinski definition) is 0. The highest BCUT2D eigenvalue weighted by Crippen LogP contribution is 2.26. The van der Waals surface area contributed by atoms with E-state index in [-0.39, 0.29) is 0 Å². The van der Waals surface area contributed by atoms with Gasteiger partial charge in [-0.25, -0.2) is 0 Å². The number of hydrogen-bond acceptors (Lipinski definition) is 1. The second-order valence-corrected chi connectivity index (χ2v) is 5.13. The third-order valence-electron chi connectivity index (χ3n) is 2.20. The van der Waals surface area contributed by atoms with E-state index in [1.807, 2.05) is 13.0 Å². The topological polar surface area (TPSA) is 0 Å². The van der Waals surface area contributed by atoms with Crippen molar-refractivity contribution in [1.82, 2.24) is 0 Å². The normalized spacial score (nSPS) is 12.7. The molecule has 1 rings (SSSR count). The molecule has 0 atom stereocenters. The van der Waals surface area contributed by atoms with Crippen molar-refractivity contribution in [3.63, 3.8) is 0 Å². The summed E-state index contributed by atoms with van der Waals surface area (Å²) in [5.41, 5.74) is 2.48. The molecular weight excluding hydrogens is 212 g/mol. The van der Waals surface area contributed by atoms with E-state index in [9.17, 15) is 0 Å². The van der Waals surface area contributed by atoms with E-state index in [1.54, 1.807) is 11.8 Å². The van der Waals surface area contributed by atoms with Crippen LogP contribution >= 0.6 is 11.8 Å². The lowest BCUT2D eigenvalue weighted by Gasteiger charge is -2.01. The summed E-state index contributed by atoms with van der Waals surface area (Å²) >= 11 is 1.79. The maximum Gasteiger partial charge on any atom is 0.0119 e. The van der Waals surface area contributed by atoms with Gasteiger partial charge in [-0.3, -0.25) is 0 Å². The minimum absolute atomic E-state index is 1.18. The minimum atomic E-state index is 1.18. The molecule has 1 aromatic rings. The highest BCUT2D eigenvalue weighted by atomic mass is 32.2. The lowest BCUT2D eigenvalue weighted by molar-refractivity contribution is 1.38. The van der Waals surface area contributed by atoms with Crippen molar-refractivity contribution in [2.45, 2.75) is 25.7 Å². The SMILES string of the molecule is C=C/C(C)=C\C=C(/C)Sc1ccc(C)cc1. The quantitative estimate of drug-likeness (QED) is 0.511. The van der Waals surface area contributed by atoms with Gasteiger partial charge in [-0.2, -0.15) is 0 Å². The van der Waals surface area contributed by atoms with Crippen molar-refractivity contribution < 1.29 is 0 Å². The average molecular weight is 230 g/mol. The molecule has 0 aromatic heterocycles. The molecule has 0 saturated carbocycles. The molecular formula is C15H18S. The van der Waals surface area contributed by atoms with E-state index < -0.39 is 0 Å². The summed E-state index contributed by atoms with van der Waals surface area (Å²) in [5, 5.41) is 0. The number of benzene rings is 1. The summed E-state index contributed by atoms with van der Waals surface area (Å²) in [5.74, 6) is 0. The Morgan fingerprint density at radius 2 is 1.75 bits per heavy atom. The van der Waals surface area contributed by atoms with Gasteiger partial charge in [0, 0.05) is 4.90 Å². The van der Waals surface area contributed by atoms with Crippen LogP contribution in [0.25, 0.3) is 0 Å². The molecule has 0 spiro atoms. The first-order chi connectivity index (χ1) is 7.61. The monoisotopic (exact) mass is 230 g/mol. The first-order valence-electron chi connectivity index (χ1n) is 5.34. The lowest BCUT2D eigenvalue weighted by Crippen LogP contribution is -1.74. The molecule has 0 nitrogen and oxygen atoms in total. The first kappa shape index (κ1) is 12.9. The number of aryl methyl sites for hydroxylation is 1. The highest BCUT2D eigenvalue weighted by Gasteiger charge is 1.94. The largest absolute Gasteiger partial charge is 0.0988 e. The Morgan fingerprint density at radius 1 is 1.12 bits per heavy atom. The molecule has 0 unspecified atom stereocenters. The maximum absolute atomic E-state index is 3.73. The Labute approximate surface area is 103 Å². The number of thioether (sulfide) groups is 1. The van der Waals surface area contributed by atoms with Gasteiger partial charge in [-0.05, 0) is 37.8 Å². The summed E-state index contributed by atoms with van der Waals surface area (Å²) in [4.78, 5) is 2.56. The molecule has 0 aliphatic heterocycles. The summed E-state index contributed by atoms with van der Waals surface area (Å²) in [6.07, 6.45) is 6.07. The van der Waals surface area contributed by atoms with Gasteiger partial charge < -0.3 is 0 Å².